The summed E-state index contributed by atoms with van der Waals surface area (Å²) >= 11 is 1.64. The second-order valence-corrected chi connectivity index (χ2v) is 5.25. The van der Waals surface area contributed by atoms with Crippen LogP contribution in [-0.4, -0.2) is 24.0 Å². The van der Waals surface area contributed by atoms with Crippen LogP contribution in [0.5, 0.6) is 0 Å². The minimum absolute atomic E-state index is 0. The molecule has 0 saturated heterocycles. The highest BCUT2D eigenvalue weighted by Crippen LogP contribution is 2.12. The fourth-order valence-corrected chi connectivity index (χ4v) is 2.43. The van der Waals surface area contributed by atoms with E-state index < -0.39 is 0 Å². The molecule has 2 aromatic rings. The number of guanidine groups is 1. The summed E-state index contributed by atoms with van der Waals surface area (Å²) in [5.74, 6) is 1.80. The van der Waals surface area contributed by atoms with Crippen LogP contribution in [0.25, 0.3) is 0 Å². The predicted octanol–water partition coefficient (Wildman–Crippen LogP) is 2.96. The molecule has 0 atom stereocenters. The third-order valence-corrected chi connectivity index (χ3v) is 3.73. The molecule has 0 aliphatic carbocycles. The van der Waals surface area contributed by atoms with Crippen molar-refractivity contribution in [1.82, 2.24) is 15.6 Å². The van der Waals surface area contributed by atoms with Crippen LogP contribution >= 0.6 is 35.3 Å². The molecule has 0 aromatic carbocycles. The summed E-state index contributed by atoms with van der Waals surface area (Å²) in [5.41, 5.74) is 2.92. The van der Waals surface area contributed by atoms with E-state index >= 15 is 0 Å². The van der Waals surface area contributed by atoms with E-state index in [1.807, 2.05) is 24.6 Å². The lowest BCUT2D eigenvalue weighted by Crippen LogP contribution is -2.38. The first kappa shape index (κ1) is 18.0. The van der Waals surface area contributed by atoms with Gasteiger partial charge in [-0.25, -0.2) is 9.98 Å². The van der Waals surface area contributed by atoms with Gasteiger partial charge in [0.1, 0.15) is 5.76 Å². The molecule has 0 unspecified atom stereocenters. The van der Waals surface area contributed by atoms with Crippen molar-refractivity contribution in [3.8, 4) is 0 Å². The Morgan fingerprint density at radius 1 is 1.43 bits per heavy atom. The van der Waals surface area contributed by atoms with E-state index in [1.54, 1.807) is 17.6 Å². The van der Waals surface area contributed by atoms with E-state index in [4.69, 9.17) is 4.42 Å². The number of hydrogen-bond acceptors (Lipinski definition) is 4. The molecule has 2 rings (SSSR count). The Kier molecular flexibility index (Phi) is 8.36. The maximum absolute atomic E-state index is 5.30. The molecule has 5 nitrogen and oxygen atoms in total. The van der Waals surface area contributed by atoms with Crippen molar-refractivity contribution in [1.29, 1.82) is 0 Å². The first-order valence-corrected chi connectivity index (χ1v) is 7.61. The summed E-state index contributed by atoms with van der Waals surface area (Å²) in [6, 6.07) is 3.88. The van der Waals surface area contributed by atoms with Crippen molar-refractivity contribution in [2.45, 2.75) is 26.8 Å². The molecule has 0 spiro atoms. The molecule has 0 radical (unpaired) electrons. The van der Waals surface area contributed by atoms with Crippen LogP contribution in [-0.2, 0) is 13.0 Å². The lowest BCUT2D eigenvalue weighted by molar-refractivity contribution is 0.507. The normalized spacial score (nSPS) is 11.0. The molecule has 0 aliphatic heterocycles. The van der Waals surface area contributed by atoms with Crippen molar-refractivity contribution in [2.24, 2.45) is 4.99 Å². The van der Waals surface area contributed by atoms with Crippen molar-refractivity contribution in [3.05, 3.63) is 40.2 Å². The van der Waals surface area contributed by atoms with Crippen LogP contribution in [0.2, 0.25) is 0 Å². The zero-order chi connectivity index (χ0) is 14.2. The van der Waals surface area contributed by atoms with Gasteiger partial charge in [-0.3, -0.25) is 0 Å². The van der Waals surface area contributed by atoms with Gasteiger partial charge in [0.25, 0.3) is 0 Å². The Morgan fingerprint density at radius 2 is 2.29 bits per heavy atom. The van der Waals surface area contributed by atoms with E-state index in [9.17, 15) is 0 Å². The first-order chi connectivity index (χ1) is 9.79. The summed E-state index contributed by atoms with van der Waals surface area (Å²) < 4.78 is 5.30. The lowest BCUT2D eigenvalue weighted by atomic mass is 10.3. The topological polar surface area (TPSA) is 62.5 Å². The number of rotatable bonds is 6. The number of thiazole rings is 1. The third-order valence-electron chi connectivity index (χ3n) is 2.81. The van der Waals surface area contributed by atoms with Gasteiger partial charge in [0, 0.05) is 24.4 Å². The Balaban J connectivity index is 0.00000220. The number of aryl methyl sites for hydroxylation is 1. The van der Waals surface area contributed by atoms with Crippen LogP contribution in [0.1, 0.15) is 23.3 Å². The van der Waals surface area contributed by atoms with Gasteiger partial charge in [0.15, 0.2) is 5.96 Å². The number of nitrogens with one attached hydrogen (secondary N) is 2. The lowest BCUT2D eigenvalue weighted by Gasteiger charge is -2.10. The zero-order valence-electron chi connectivity index (χ0n) is 12.3. The number of furan rings is 1. The molecule has 0 fully saturated rings. The van der Waals surface area contributed by atoms with Crippen LogP contribution in [0, 0.1) is 6.92 Å². The second kappa shape index (κ2) is 9.78. The molecule has 2 N–H and O–H groups in total. The monoisotopic (exact) mass is 420 g/mol. The fourth-order valence-electron chi connectivity index (χ4n) is 1.73. The van der Waals surface area contributed by atoms with Gasteiger partial charge in [-0.05, 0) is 26.0 Å². The number of aliphatic imine (C=N–C) groups is 1. The highest BCUT2D eigenvalue weighted by molar-refractivity contribution is 14.0. The average Bonchev–Trinajstić information content (AvgIpc) is 3.08. The number of aromatic nitrogens is 1. The molecule has 0 saturated carbocycles. The molecular weight excluding hydrogens is 399 g/mol. The molecule has 0 aliphatic rings. The Morgan fingerprint density at radius 3 is 2.90 bits per heavy atom. The summed E-state index contributed by atoms with van der Waals surface area (Å²) in [6.07, 6.45) is 2.54. The van der Waals surface area contributed by atoms with E-state index in [-0.39, 0.29) is 24.0 Å². The van der Waals surface area contributed by atoms with Gasteiger partial charge >= 0.3 is 0 Å². The second-order valence-electron chi connectivity index (χ2n) is 4.31. The summed E-state index contributed by atoms with van der Waals surface area (Å²) in [6.45, 7) is 6.36. The van der Waals surface area contributed by atoms with E-state index in [0.29, 0.717) is 6.54 Å². The van der Waals surface area contributed by atoms with Crippen LogP contribution in [0.4, 0.5) is 0 Å². The van der Waals surface area contributed by atoms with Gasteiger partial charge in [0.05, 0.1) is 24.0 Å². The van der Waals surface area contributed by atoms with Crippen LogP contribution in [0.15, 0.2) is 33.3 Å². The maximum atomic E-state index is 5.30. The third kappa shape index (κ3) is 6.04. The number of hydrogen-bond donors (Lipinski definition) is 2. The maximum Gasteiger partial charge on any atom is 0.191 e. The molecular formula is C14H21IN4OS. The van der Waals surface area contributed by atoms with Gasteiger partial charge in [-0.15, -0.1) is 35.3 Å². The van der Waals surface area contributed by atoms with Gasteiger partial charge in [-0.1, -0.05) is 0 Å². The predicted molar refractivity (Wildman–Crippen MR) is 97.5 cm³/mol. The summed E-state index contributed by atoms with van der Waals surface area (Å²) in [5, 5.41) is 6.54. The zero-order valence-corrected chi connectivity index (χ0v) is 15.4. The quantitative estimate of drug-likeness (QED) is 0.429. The molecule has 2 aromatic heterocycles. The Bertz CT molecular complexity index is 539. The van der Waals surface area contributed by atoms with Crippen LogP contribution < -0.4 is 10.6 Å². The number of nitrogens with zero attached hydrogens (tertiary/aromatic N) is 2. The van der Waals surface area contributed by atoms with Gasteiger partial charge in [-0.2, -0.15) is 0 Å². The molecule has 116 valence electrons. The standard InChI is InChI=1S/C14H20N4OS.HI/c1-3-15-14(16-7-6-12-5-4-8-19-12)17-9-13-11(2)18-10-20-13;/h4-5,8,10H,3,6-7,9H2,1-2H3,(H2,15,16,17);1H. The van der Waals surface area contributed by atoms with Gasteiger partial charge < -0.3 is 15.1 Å². The van der Waals surface area contributed by atoms with E-state index in [1.165, 1.54) is 4.88 Å². The van der Waals surface area contributed by atoms with Crippen molar-refractivity contribution < 1.29 is 4.42 Å². The molecule has 2 heterocycles. The minimum Gasteiger partial charge on any atom is -0.469 e. The average molecular weight is 420 g/mol. The molecule has 0 amide bonds. The van der Waals surface area contributed by atoms with Crippen LogP contribution in [0.3, 0.4) is 0 Å². The highest BCUT2D eigenvalue weighted by atomic mass is 127. The SMILES string of the molecule is CCNC(=NCc1scnc1C)NCCc1ccco1.I. The fraction of sp³-hybridized carbons (Fsp3) is 0.429. The van der Waals surface area contributed by atoms with E-state index in [0.717, 1.165) is 36.9 Å². The Hall–Kier alpha value is -1.09. The largest absolute Gasteiger partial charge is 0.469 e. The van der Waals surface area contributed by atoms with Crippen molar-refractivity contribution >= 4 is 41.3 Å². The van der Waals surface area contributed by atoms with E-state index in [2.05, 4.69) is 27.5 Å². The van der Waals surface area contributed by atoms with Gasteiger partial charge in [0.2, 0.25) is 0 Å². The molecule has 0 bridgehead atoms. The highest BCUT2D eigenvalue weighted by Gasteiger charge is 2.02. The first-order valence-electron chi connectivity index (χ1n) is 6.73. The smallest absolute Gasteiger partial charge is 0.191 e. The van der Waals surface area contributed by atoms with Crippen molar-refractivity contribution in [3.63, 3.8) is 0 Å². The molecule has 21 heavy (non-hydrogen) atoms. The summed E-state index contributed by atoms with van der Waals surface area (Å²) in [7, 11) is 0. The number of halogens is 1. The van der Waals surface area contributed by atoms with Crippen molar-refractivity contribution in [2.75, 3.05) is 13.1 Å². The Labute approximate surface area is 146 Å². The minimum atomic E-state index is 0. The summed E-state index contributed by atoms with van der Waals surface area (Å²) in [4.78, 5) is 10.0. The molecule has 7 heteroatoms.